The second-order valence-corrected chi connectivity index (χ2v) is 9.54. The molecule has 3 aromatic rings. The van der Waals surface area contributed by atoms with Crippen molar-refractivity contribution >= 4 is 62.6 Å². The van der Waals surface area contributed by atoms with Crippen LogP contribution in [0.4, 0.5) is 15.6 Å². The first-order valence-corrected chi connectivity index (χ1v) is 11.2. The van der Waals surface area contributed by atoms with E-state index in [1.807, 2.05) is 19.0 Å². The van der Waals surface area contributed by atoms with Gasteiger partial charge in [-0.15, -0.1) is 0 Å². The smallest absolute Gasteiger partial charge is 0.404 e. The van der Waals surface area contributed by atoms with Crippen LogP contribution in [-0.2, 0) is 4.74 Å². The summed E-state index contributed by atoms with van der Waals surface area (Å²) in [5, 5.41) is 5.02. The molecule has 31 heavy (non-hydrogen) atoms. The zero-order valence-electron chi connectivity index (χ0n) is 16.6. The number of ether oxygens (including phenoxy) is 1. The Labute approximate surface area is 191 Å². The molecular weight excluding hydrogens is 461 g/mol. The first-order chi connectivity index (χ1) is 14.8. The Hall–Kier alpha value is -2.56. The number of amides is 1. The van der Waals surface area contributed by atoms with Crippen molar-refractivity contribution in [1.29, 1.82) is 0 Å². The van der Waals surface area contributed by atoms with E-state index >= 15 is 0 Å². The Morgan fingerprint density at radius 2 is 2.10 bits per heavy atom. The Morgan fingerprint density at radius 1 is 1.32 bits per heavy atom. The van der Waals surface area contributed by atoms with Crippen LogP contribution in [0.2, 0.25) is 10.2 Å². The number of nitrogens with zero attached hydrogens (tertiary/aromatic N) is 4. The SMILES string of the molecule is CN(C)c1nc(Cl)c(-c2nc3ncc(Cl)c(N[C@H]4[C@@H](OC(N)=O)[C@@H]5C=C[C@H]4C5)c3[nH]2)s1. The molecule has 1 amide bonds. The maximum Gasteiger partial charge on any atom is 0.404 e. The van der Waals surface area contributed by atoms with Crippen molar-refractivity contribution in [2.75, 3.05) is 24.3 Å². The van der Waals surface area contributed by atoms with E-state index in [2.05, 4.69) is 37.4 Å². The van der Waals surface area contributed by atoms with Crippen molar-refractivity contribution in [3.05, 3.63) is 28.5 Å². The van der Waals surface area contributed by atoms with Gasteiger partial charge in [0.15, 0.2) is 21.8 Å². The zero-order chi connectivity index (χ0) is 21.9. The summed E-state index contributed by atoms with van der Waals surface area (Å²) in [6.07, 6.45) is 5.48. The summed E-state index contributed by atoms with van der Waals surface area (Å²) in [5.41, 5.74) is 7.07. The number of carbonyl (C=O) groups is 1. The van der Waals surface area contributed by atoms with Gasteiger partial charge in [0.25, 0.3) is 0 Å². The number of aromatic amines is 1. The summed E-state index contributed by atoms with van der Waals surface area (Å²) in [5.74, 6) is 0.889. The normalized spacial score (nSPS) is 24.1. The summed E-state index contributed by atoms with van der Waals surface area (Å²) in [4.78, 5) is 30.6. The number of halogens is 2. The number of nitrogens with one attached hydrogen (secondary N) is 2. The Morgan fingerprint density at radius 3 is 2.81 bits per heavy atom. The number of fused-ring (bicyclic) bond motifs is 3. The van der Waals surface area contributed by atoms with E-state index in [1.54, 1.807) is 6.20 Å². The van der Waals surface area contributed by atoms with Gasteiger partial charge in [-0.3, -0.25) is 0 Å². The molecule has 9 nitrogen and oxygen atoms in total. The van der Waals surface area contributed by atoms with E-state index in [-0.39, 0.29) is 24.0 Å². The highest BCUT2D eigenvalue weighted by atomic mass is 35.5. The fraction of sp³-hybridized carbons (Fsp3) is 0.368. The minimum atomic E-state index is -0.788. The van der Waals surface area contributed by atoms with E-state index < -0.39 is 6.09 Å². The van der Waals surface area contributed by atoms with Crippen LogP contribution in [0, 0.1) is 11.8 Å². The van der Waals surface area contributed by atoms with E-state index in [1.165, 1.54) is 11.3 Å². The molecule has 5 rings (SSSR count). The fourth-order valence-corrected chi connectivity index (χ4v) is 5.60. The lowest BCUT2D eigenvalue weighted by molar-refractivity contribution is 0.0854. The van der Waals surface area contributed by atoms with Crippen LogP contribution in [-0.4, -0.2) is 52.3 Å². The molecule has 162 valence electrons. The maximum atomic E-state index is 11.4. The number of aromatic nitrogens is 4. The standard InChI is InChI=1S/C19H19Cl2N7O2S/c1-28(2)19-26-15(21)14(31-19)17-25-12-11(9(20)6-23-16(12)27-17)24-10-7-3-4-8(5-7)13(10)30-18(22)29/h3-4,6-8,10,13H,5H2,1-2H3,(H2,22,29)(H2,23,24,25,27)/t7-,8+,10+,13-/m0/s1. The number of pyridine rings is 1. The molecule has 0 saturated heterocycles. The van der Waals surface area contributed by atoms with Gasteiger partial charge >= 0.3 is 6.09 Å². The zero-order valence-corrected chi connectivity index (χ0v) is 18.9. The average molecular weight is 480 g/mol. The van der Waals surface area contributed by atoms with Crippen LogP contribution in [0.25, 0.3) is 21.9 Å². The molecule has 0 spiro atoms. The molecule has 2 aliphatic carbocycles. The first-order valence-electron chi connectivity index (χ1n) is 9.61. The monoisotopic (exact) mass is 479 g/mol. The number of anilines is 2. The quantitative estimate of drug-likeness (QED) is 0.474. The molecule has 0 aliphatic heterocycles. The predicted octanol–water partition coefficient (Wildman–Crippen LogP) is 3.90. The van der Waals surface area contributed by atoms with Crippen LogP contribution < -0.4 is 16.0 Å². The van der Waals surface area contributed by atoms with Gasteiger partial charge < -0.3 is 25.7 Å². The Balaban J connectivity index is 1.53. The third-order valence-electron chi connectivity index (χ3n) is 5.60. The molecule has 3 heterocycles. The van der Waals surface area contributed by atoms with Gasteiger partial charge in [-0.05, 0) is 6.42 Å². The number of nitrogens with two attached hydrogens (primary N) is 1. The summed E-state index contributed by atoms with van der Waals surface area (Å²) < 4.78 is 5.41. The molecule has 3 aromatic heterocycles. The van der Waals surface area contributed by atoms with Crippen LogP contribution in [0.3, 0.4) is 0 Å². The maximum absolute atomic E-state index is 11.4. The minimum Gasteiger partial charge on any atom is -0.444 e. The van der Waals surface area contributed by atoms with Crippen molar-refractivity contribution in [3.63, 3.8) is 0 Å². The Kier molecular flexibility index (Phi) is 4.95. The second kappa shape index (κ2) is 7.54. The topological polar surface area (TPSA) is 122 Å². The molecular formula is C19H19Cl2N7O2S. The number of carbonyl (C=O) groups excluding carboxylic acids is 1. The van der Waals surface area contributed by atoms with Gasteiger partial charge in [0, 0.05) is 25.9 Å². The molecule has 4 atom stereocenters. The average Bonchev–Trinajstić information content (AvgIpc) is 3.47. The molecule has 0 radical (unpaired) electrons. The highest BCUT2D eigenvalue weighted by molar-refractivity contribution is 7.19. The van der Waals surface area contributed by atoms with Crippen molar-refractivity contribution in [3.8, 4) is 10.7 Å². The van der Waals surface area contributed by atoms with Gasteiger partial charge in [-0.25, -0.2) is 19.7 Å². The molecule has 2 bridgehead atoms. The number of H-pyrrole nitrogens is 1. The largest absolute Gasteiger partial charge is 0.444 e. The summed E-state index contributed by atoms with van der Waals surface area (Å²) in [7, 11) is 3.80. The van der Waals surface area contributed by atoms with Crippen LogP contribution in [0.5, 0.6) is 0 Å². The highest BCUT2D eigenvalue weighted by Gasteiger charge is 2.47. The number of hydrogen-bond donors (Lipinski definition) is 3. The molecule has 2 aliphatic rings. The lowest BCUT2D eigenvalue weighted by Crippen LogP contribution is -2.41. The predicted molar refractivity (Wildman–Crippen MR) is 122 cm³/mol. The molecule has 1 saturated carbocycles. The van der Waals surface area contributed by atoms with Crippen molar-refractivity contribution in [2.45, 2.75) is 18.6 Å². The molecule has 0 aromatic carbocycles. The van der Waals surface area contributed by atoms with E-state index in [4.69, 9.17) is 33.7 Å². The van der Waals surface area contributed by atoms with Crippen molar-refractivity contribution < 1.29 is 9.53 Å². The number of rotatable bonds is 5. The van der Waals surface area contributed by atoms with Crippen LogP contribution in [0.15, 0.2) is 18.3 Å². The summed E-state index contributed by atoms with van der Waals surface area (Å²) in [6, 6.07) is -0.162. The molecule has 12 heteroatoms. The molecule has 0 unspecified atom stereocenters. The van der Waals surface area contributed by atoms with Gasteiger partial charge in [-0.2, -0.15) is 0 Å². The van der Waals surface area contributed by atoms with Gasteiger partial charge in [-0.1, -0.05) is 46.7 Å². The van der Waals surface area contributed by atoms with Crippen LogP contribution in [0.1, 0.15) is 6.42 Å². The van der Waals surface area contributed by atoms with E-state index in [0.29, 0.717) is 37.7 Å². The highest BCUT2D eigenvalue weighted by Crippen LogP contribution is 2.44. The fourth-order valence-electron chi connectivity index (χ4n) is 4.24. The van der Waals surface area contributed by atoms with E-state index in [9.17, 15) is 4.79 Å². The number of primary amides is 1. The number of imidazole rings is 1. The molecule has 1 fully saturated rings. The minimum absolute atomic E-state index is 0.129. The van der Waals surface area contributed by atoms with E-state index in [0.717, 1.165) is 11.6 Å². The lowest BCUT2D eigenvalue weighted by atomic mass is 9.98. The third kappa shape index (κ3) is 3.48. The summed E-state index contributed by atoms with van der Waals surface area (Å²) >= 11 is 14.3. The van der Waals surface area contributed by atoms with Gasteiger partial charge in [0.1, 0.15) is 16.5 Å². The van der Waals surface area contributed by atoms with Gasteiger partial charge in [0.05, 0.1) is 22.9 Å². The summed E-state index contributed by atoms with van der Waals surface area (Å²) in [6.45, 7) is 0. The van der Waals surface area contributed by atoms with Crippen molar-refractivity contribution in [1.82, 2.24) is 19.9 Å². The third-order valence-corrected chi connectivity index (χ3v) is 7.50. The number of hydrogen-bond acceptors (Lipinski definition) is 8. The van der Waals surface area contributed by atoms with Crippen LogP contribution >= 0.6 is 34.5 Å². The Bertz CT molecular complexity index is 1210. The number of thiazole rings is 1. The second-order valence-electron chi connectivity index (χ2n) is 7.80. The lowest BCUT2D eigenvalue weighted by Gasteiger charge is -2.29. The first kappa shape index (κ1) is 20.3. The van der Waals surface area contributed by atoms with Gasteiger partial charge in [0.2, 0.25) is 0 Å². The molecule has 4 N–H and O–H groups in total. The van der Waals surface area contributed by atoms with Crippen molar-refractivity contribution in [2.24, 2.45) is 17.6 Å².